The average Bonchev–Trinajstić information content (AvgIpc) is 2.87. The van der Waals surface area contributed by atoms with Gasteiger partial charge in [-0.1, -0.05) is 42.5 Å². The van der Waals surface area contributed by atoms with Gasteiger partial charge in [-0.05, 0) is 50.9 Å². The maximum Gasteiger partial charge on any atom is 0.273 e. The van der Waals surface area contributed by atoms with E-state index in [1.165, 1.54) is 0 Å². The quantitative estimate of drug-likeness (QED) is 0.340. The van der Waals surface area contributed by atoms with Gasteiger partial charge in [0.25, 0.3) is 5.91 Å². The van der Waals surface area contributed by atoms with Gasteiger partial charge < -0.3 is 19.7 Å². The summed E-state index contributed by atoms with van der Waals surface area (Å²) in [5.41, 5.74) is 2.37. The van der Waals surface area contributed by atoms with Gasteiger partial charge in [0.1, 0.15) is 11.4 Å². The number of nitrogens with one attached hydrogen (secondary N) is 1. The minimum absolute atomic E-state index is 0. The van der Waals surface area contributed by atoms with Crippen molar-refractivity contribution < 1.29 is 14.3 Å². The molecule has 1 aliphatic heterocycles. The number of fused-ring (bicyclic) bond motifs is 1. The van der Waals surface area contributed by atoms with E-state index in [0.29, 0.717) is 31.3 Å². The van der Waals surface area contributed by atoms with Crippen LogP contribution in [0.5, 0.6) is 5.75 Å². The minimum atomic E-state index is -0.0366. The lowest BCUT2D eigenvalue weighted by Crippen LogP contribution is -2.51. The Morgan fingerprint density at radius 1 is 1.08 bits per heavy atom. The molecule has 2 heterocycles. The Morgan fingerprint density at radius 3 is 2.56 bits per heavy atom. The van der Waals surface area contributed by atoms with Crippen LogP contribution in [0.3, 0.4) is 0 Å². The van der Waals surface area contributed by atoms with E-state index in [1.54, 1.807) is 6.07 Å². The molecule has 0 radical (unpaired) electrons. The monoisotopic (exact) mass is 533 g/mol. The van der Waals surface area contributed by atoms with Crippen molar-refractivity contribution >= 4 is 41.6 Å². The van der Waals surface area contributed by atoms with E-state index >= 15 is 0 Å². The van der Waals surface area contributed by atoms with Gasteiger partial charge in [0.05, 0.1) is 25.3 Å². The Bertz CT molecular complexity index is 1080. The van der Waals surface area contributed by atoms with E-state index in [-0.39, 0.29) is 42.8 Å². The number of aromatic nitrogens is 1. The summed E-state index contributed by atoms with van der Waals surface area (Å²) in [5.74, 6) is 0.660. The van der Waals surface area contributed by atoms with Crippen molar-refractivity contribution in [1.82, 2.24) is 15.2 Å². The molecule has 196 valence electrons. The highest BCUT2D eigenvalue weighted by atomic mass is 35.5. The second kappa shape index (κ2) is 15.0. The molecule has 0 bridgehead atoms. The van der Waals surface area contributed by atoms with Gasteiger partial charge in [-0.25, -0.2) is 4.98 Å². The minimum Gasteiger partial charge on any atom is -0.493 e. The molecule has 1 amide bonds. The number of para-hydroxylation sites is 1. The standard InChI is InChI=1S/C28H35N3O3.2ClH/c1-21(2)31(23-12-8-15-29-19-23)28(32)26-18-27(24-13-6-7-14-25(24)30-26)34-17-9-16-33-20-22-10-4-3-5-11-22;;/h3-7,10-11,13-14,18,21,23,29H,8-9,12,15-17,19-20H2,1-2H3;2*1H/t23-;;/m1../s1. The van der Waals surface area contributed by atoms with Crippen molar-refractivity contribution in [2.75, 3.05) is 26.3 Å². The fourth-order valence-electron chi connectivity index (χ4n) is 4.50. The van der Waals surface area contributed by atoms with Gasteiger partial charge in [0.15, 0.2) is 0 Å². The first-order valence-electron chi connectivity index (χ1n) is 12.3. The molecule has 1 aromatic heterocycles. The number of nitrogens with zero attached hydrogens (tertiary/aromatic N) is 2. The molecule has 0 saturated carbocycles. The lowest BCUT2D eigenvalue weighted by atomic mass is 10.0. The molecule has 1 atom stereocenters. The summed E-state index contributed by atoms with van der Waals surface area (Å²) < 4.78 is 11.9. The summed E-state index contributed by atoms with van der Waals surface area (Å²) >= 11 is 0. The Hall–Kier alpha value is -2.38. The Balaban J connectivity index is 0.00000228. The number of rotatable bonds is 10. The van der Waals surface area contributed by atoms with Crippen molar-refractivity contribution in [3.63, 3.8) is 0 Å². The van der Waals surface area contributed by atoms with Gasteiger partial charge in [-0.15, -0.1) is 24.8 Å². The van der Waals surface area contributed by atoms with Crippen molar-refractivity contribution in [3.8, 4) is 5.75 Å². The molecule has 3 aromatic rings. The molecule has 1 fully saturated rings. The molecule has 1 aliphatic rings. The molecular formula is C28H37Cl2N3O3. The average molecular weight is 535 g/mol. The number of carbonyl (C=O) groups is 1. The Morgan fingerprint density at radius 2 is 1.83 bits per heavy atom. The van der Waals surface area contributed by atoms with Crippen LogP contribution in [-0.2, 0) is 11.3 Å². The predicted molar refractivity (Wildman–Crippen MR) is 150 cm³/mol. The third-order valence-electron chi connectivity index (χ3n) is 6.15. The number of piperidine rings is 1. The first-order chi connectivity index (χ1) is 16.6. The summed E-state index contributed by atoms with van der Waals surface area (Å²) in [6.07, 6.45) is 2.85. The first-order valence-corrected chi connectivity index (χ1v) is 12.3. The smallest absolute Gasteiger partial charge is 0.273 e. The van der Waals surface area contributed by atoms with Crippen LogP contribution in [0.2, 0.25) is 0 Å². The highest BCUT2D eigenvalue weighted by Gasteiger charge is 2.29. The van der Waals surface area contributed by atoms with Crippen LogP contribution in [0, 0.1) is 0 Å². The van der Waals surface area contributed by atoms with Gasteiger partial charge in [-0.2, -0.15) is 0 Å². The number of pyridine rings is 1. The van der Waals surface area contributed by atoms with Crippen molar-refractivity contribution in [2.24, 2.45) is 0 Å². The lowest BCUT2D eigenvalue weighted by Gasteiger charge is -2.37. The number of benzene rings is 2. The molecule has 8 heteroatoms. The third-order valence-corrected chi connectivity index (χ3v) is 6.15. The van der Waals surface area contributed by atoms with Crippen LogP contribution in [0.15, 0.2) is 60.7 Å². The number of carbonyl (C=O) groups excluding carboxylic acids is 1. The first kappa shape index (κ1) is 29.8. The van der Waals surface area contributed by atoms with Crippen molar-refractivity contribution in [2.45, 2.75) is 51.8 Å². The Labute approximate surface area is 226 Å². The fourth-order valence-corrected chi connectivity index (χ4v) is 4.50. The molecule has 0 unspecified atom stereocenters. The van der Waals surface area contributed by atoms with E-state index in [0.717, 1.165) is 48.8 Å². The second-order valence-electron chi connectivity index (χ2n) is 9.07. The van der Waals surface area contributed by atoms with Crippen LogP contribution < -0.4 is 10.1 Å². The number of amides is 1. The Kier molecular flexibility index (Phi) is 12.4. The molecule has 1 saturated heterocycles. The van der Waals surface area contributed by atoms with Crippen LogP contribution in [0.25, 0.3) is 10.9 Å². The van der Waals surface area contributed by atoms with Crippen molar-refractivity contribution in [1.29, 1.82) is 0 Å². The summed E-state index contributed by atoms with van der Waals surface area (Å²) in [4.78, 5) is 20.3. The summed E-state index contributed by atoms with van der Waals surface area (Å²) in [6.45, 7) is 7.69. The molecular weight excluding hydrogens is 497 g/mol. The zero-order valence-electron chi connectivity index (χ0n) is 21.0. The summed E-state index contributed by atoms with van der Waals surface area (Å²) in [7, 11) is 0. The fraction of sp³-hybridized carbons (Fsp3) is 0.429. The van der Waals surface area contributed by atoms with E-state index in [9.17, 15) is 4.79 Å². The highest BCUT2D eigenvalue weighted by Crippen LogP contribution is 2.27. The van der Waals surface area contributed by atoms with E-state index in [1.807, 2.05) is 47.4 Å². The maximum absolute atomic E-state index is 13.6. The van der Waals surface area contributed by atoms with Crippen molar-refractivity contribution in [3.05, 3.63) is 71.9 Å². The second-order valence-corrected chi connectivity index (χ2v) is 9.07. The molecule has 4 rings (SSSR count). The lowest BCUT2D eigenvalue weighted by molar-refractivity contribution is 0.0567. The van der Waals surface area contributed by atoms with Crippen LogP contribution >= 0.6 is 24.8 Å². The summed E-state index contributed by atoms with van der Waals surface area (Å²) in [5, 5.41) is 4.34. The largest absolute Gasteiger partial charge is 0.493 e. The number of hydrogen-bond acceptors (Lipinski definition) is 5. The maximum atomic E-state index is 13.6. The SMILES string of the molecule is CC(C)N(C(=O)c1cc(OCCCOCc2ccccc2)c2ccccc2n1)[C@@H]1CCCNC1.Cl.Cl. The molecule has 0 spiro atoms. The van der Waals surface area contributed by atoms with Crippen LogP contribution in [0.4, 0.5) is 0 Å². The van der Waals surface area contributed by atoms with Gasteiger partial charge >= 0.3 is 0 Å². The predicted octanol–water partition coefficient (Wildman–Crippen LogP) is 5.67. The van der Waals surface area contributed by atoms with Crippen LogP contribution in [0.1, 0.15) is 49.2 Å². The van der Waals surface area contributed by atoms with E-state index < -0.39 is 0 Å². The normalized spacial score (nSPS) is 15.1. The van der Waals surface area contributed by atoms with E-state index in [4.69, 9.17) is 14.5 Å². The van der Waals surface area contributed by atoms with Gasteiger partial charge in [-0.3, -0.25) is 4.79 Å². The molecule has 6 nitrogen and oxygen atoms in total. The topological polar surface area (TPSA) is 63.7 Å². The van der Waals surface area contributed by atoms with E-state index in [2.05, 4.69) is 31.3 Å². The molecule has 0 aliphatic carbocycles. The number of hydrogen-bond donors (Lipinski definition) is 1. The molecule has 2 aromatic carbocycles. The number of halogens is 2. The van der Waals surface area contributed by atoms with Gasteiger partial charge in [0, 0.05) is 36.5 Å². The number of ether oxygens (including phenoxy) is 2. The zero-order valence-corrected chi connectivity index (χ0v) is 22.7. The third kappa shape index (κ3) is 7.81. The molecule has 36 heavy (non-hydrogen) atoms. The summed E-state index contributed by atoms with van der Waals surface area (Å²) in [6, 6.07) is 20.1. The molecule has 1 N–H and O–H groups in total. The highest BCUT2D eigenvalue weighted by molar-refractivity contribution is 5.97. The van der Waals surface area contributed by atoms with Crippen LogP contribution in [-0.4, -0.2) is 54.2 Å². The zero-order chi connectivity index (χ0) is 23.8. The van der Waals surface area contributed by atoms with Gasteiger partial charge in [0.2, 0.25) is 0 Å².